The molecule has 3 fully saturated rings. The molecule has 2 bridgehead atoms. The molecule has 3 rings (SSSR count). The average Bonchev–Trinajstić information content (AvgIpc) is 2.69. The Labute approximate surface area is 109 Å². The first kappa shape index (κ1) is 12.4. The number of rotatable bonds is 2. The van der Waals surface area contributed by atoms with Gasteiger partial charge in [-0.15, -0.1) is 0 Å². The Morgan fingerprint density at radius 2 is 1.67 bits per heavy atom. The molecule has 1 amide bonds. The molecule has 0 aromatic rings. The molecule has 0 aromatic heterocycles. The molecule has 102 valence electrons. The first-order valence-electron chi connectivity index (χ1n) is 7.49. The molecule has 0 saturated carbocycles. The summed E-state index contributed by atoms with van der Waals surface area (Å²) in [4.78, 5) is 14.6. The van der Waals surface area contributed by atoms with Crippen molar-refractivity contribution in [1.82, 2.24) is 15.5 Å². The Morgan fingerprint density at radius 1 is 1.06 bits per heavy atom. The maximum absolute atomic E-state index is 11.8. The molecule has 0 aliphatic carbocycles. The van der Waals surface area contributed by atoms with Gasteiger partial charge in [0.15, 0.2) is 0 Å². The molecular formula is C14H25N3O. The summed E-state index contributed by atoms with van der Waals surface area (Å²) in [6.45, 7) is 2.33. The first-order valence-corrected chi connectivity index (χ1v) is 7.49. The van der Waals surface area contributed by atoms with Gasteiger partial charge in [-0.1, -0.05) is 0 Å². The predicted octanol–water partition coefficient (Wildman–Crippen LogP) is 0.727. The highest BCUT2D eigenvalue weighted by Gasteiger charge is 2.45. The van der Waals surface area contributed by atoms with Gasteiger partial charge in [0.2, 0.25) is 5.91 Å². The zero-order valence-corrected chi connectivity index (χ0v) is 11.3. The molecule has 0 radical (unpaired) electrons. The van der Waals surface area contributed by atoms with E-state index in [9.17, 15) is 4.79 Å². The van der Waals surface area contributed by atoms with Gasteiger partial charge in [0, 0.05) is 31.1 Å². The third kappa shape index (κ3) is 2.16. The van der Waals surface area contributed by atoms with Gasteiger partial charge in [-0.3, -0.25) is 9.69 Å². The van der Waals surface area contributed by atoms with E-state index >= 15 is 0 Å². The van der Waals surface area contributed by atoms with E-state index < -0.39 is 0 Å². The first-order chi connectivity index (χ1) is 8.79. The number of hydrogen-bond acceptors (Lipinski definition) is 3. The van der Waals surface area contributed by atoms with Crippen molar-refractivity contribution in [3.05, 3.63) is 0 Å². The van der Waals surface area contributed by atoms with Crippen LogP contribution in [0.1, 0.15) is 38.5 Å². The van der Waals surface area contributed by atoms with E-state index in [4.69, 9.17) is 0 Å². The summed E-state index contributed by atoms with van der Waals surface area (Å²) in [6.07, 6.45) is 7.36. The Balaban J connectivity index is 1.67. The zero-order valence-electron chi connectivity index (χ0n) is 11.3. The van der Waals surface area contributed by atoms with Crippen molar-refractivity contribution >= 4 is 5.91 Å². The van der Waals surface area contributed by atoms with Crippen LogP contribution in [0.5, 0.6) is 0 Å². The van der Waals surface area contributed by atoms with E-state index in [0.717, 1.165) is 18.9 Å². The van der Waals surface area contributed by atoms with Crippen LogP contribution in [0.4, 0.5) is 0 Å². The smallest absolute Gasteiger partial charge is 0.222 e. The Bertz CT molecular complexity index is 300. The summed E-state index contributed by atoms with van der Waals surface area (Å²) in [5, 5.41) is 6.28. The molecule has 2 N–H and O–H groups in total. The van der Waals surface area contributed by atoms with Crippen LogP contribution in [0, 0.1) is 5.92 Å². The molecule has 3 aliphatic heterocycles. The second-order valence-corrected chi connectivity index (χ2v) is 6.10. The normalized spacial score (nSPS) is 37.7. The number of hydrogen-bond donors (Lipinski definition) is 2. The standard InChI is InChI=1S/C14H25N3O/c1-15-14(18)10-8-12-2-3-13(9-10)17(12)11-4-6-16-7-5-11/h10-13,16H,2-9H2,1H3,(H,15,18). The second kappa shape index (κ2) is 5.17. The van der Waals surface area contributed by atoms with Crippen molar-refractivity contribution in [2.75, 3.05) is 20.1 Å². The highest BCUT2D eigenvalue weighted by molar-refractivity contribution is 5.78. The fourth-order valence-electron chi connectivity index (χ4n) is 4.33. The lowest BCUT2D eigenvalue weighted by Gasteiger charge is -2.44. The fraction of sp³-hybridized carbons (Fsp3) is 0.929. The zero-order chi connectivity index (χ0) is 12.5. The van der Waals surface area contributed by atoms with Crippen LogP contribution < -0.4 is 10.6 Å². The number of carbonyl (C=O) groups is 1. The van der Waals surface area contributed by atoms with Gasteiger partial charge in [-0.2, -0.15) is 0 Å². The van der Waals surface area contributed by atoms with E-state index in [1.54, 1.807) is 7.05 Å². The summed E-state index contributed by atoms with van der Waals surface area (Å²) < 4.78 is 0. The molecule has 2 unspecified atom stereocenters. The topological polar surface area (TPSA) is 44.4 Å². The molecule has 4 heteroatoms. The monoisotopic (exact) mass is 251 g/mol. The maximum atomic E-state index is 11.8. The molecule has 3 saturated heterocycles. The minimum atomic E-state index is 0.261. The summed E-state index contributed by atoms with van der Waals surface area (Å²) in [7, 11) is 1.77. The highest BCUT2D eigenvalue weighted by Crippen LogP contribution is 2.41. The van der Waals surface area contributed by atoms with Gasteiger partial charge in [0.05, 0.1) is 0 Å². The van der Waals surface area contributed by atoms with Crippen molar-refractivity contribution in [3.8, 4) is 0 Å². The number of carbonyl (C=O) groups excluding carboxylic acids is 1. The van der Waals surface area contributed by atoms with Crippen molar-refractivity contribution in [3.63, 3.8) is 0 Å². The SMILES string of the molecule is CNC(=O)C1CC2CCC(C1)N2C1CCNCC1. The summed E-state index contributed by atoms with van der Waals surface area (Å²) in [5.74, 6) is 0.530. The summed E-state index contributed by atoms with van der Waals surface area (Å²) in [5.41, 5.74) is 0. The third-order valence-electron chi connectivity index (χ3n) is 5.14. The molecule has 3 aliphatic rings. The molecule has 2 atom stereocenters. The van der Waals surface area contributed by atoms with Crippen molar-refractivity contribution in [1.29, 1.82) is 0 Å². The van der Waals surface area contributed by atoms with Crippen LogP contribution in [0.25, 0.3) is 0 Å². The lowest BCUT2D eigenvalue weighted by atomic mass is 9.87. The number of amides is 1. The summed E-state index contributed by atoms with van der Waals surface area (Å²) in [6, 6.07) is 2.12. The van der Waals surface area contributed by atoms with Crippen LogP contribution in [-0.4, -0.2) is 49.1 Å². The molecule has 18 heavy (non-hydrogen) atoms. The van der Waals surface area contributed by atoms with E-state index in [2.05, 4.69) is 15.5 Å². The van der Waals surface area contributed by atoms with Gasteiger partial charge in [0.1, 0.15) is 0 Å². The maximum Gasteiger partial charge on any atom is 0.222 e. The fourth-order valence-corrected chi connectivity index (χ4v) is 4.33. The third-order valence-corrected chi connectivity index (χ3v) is 5.14. The Kier molecular flexibility index (Phi) is 3.57. The van der Waals surface area contributed by atoms with Crippen molar-refractivity contribution in [2.45, 2.75) is 56.7 Å². The Morgan fingerprint density at radius 3 is 2.22 bits per heavy atom. The van der Waals surface area contributed by atoms with E-state index in [-0.39, 0.29) is 11.8 Å². The van der Waals surface area contributed by atoms with Gasteiger partial charge in [-0.25, -0.2) is 0 Å². The number of piperidine rings is 2. The number of nitrogens with one attached hydrogen (secondary N) is 2. The predicted molar refractivity (Wildman–Crippen MR) is 71.3 cm³/mol. The molecule has 0 spiro atoms. The average molecular weight is 251 g/mol. The van der Waals surface area contributed by atoms with E-state index in [0.29, 0.717) is 12.1 Å². The second-order valence-electron chi connectivity index (χ2n) is 6.10. The number of fused-ring (bicyclic) bond motifs is 2. The highest BCUT2D eigenvalue weighted by atomic mass is 16.1. The quantitative estimate of drug-likeness (QED) is 0.760. The van der Waals surface area contributed by atoms with E-state index in [1.165, 1.54) is 38.8 Å². The van der Waals surface area contributed by atoms with Gasteiger partial charge >= 0.3 is 0 Å². The van der Waals surface area contributed by atoms with Crippen LogP contribution in [0.2, 0.25) is 0 Å². The minimum absolute atomic E-state index is 0.261. The molecule has 0 aromatic carbocycles. The summed E-state index contributed by atoms with van der Waals surface area (Å²) >= 11 is 0. The largest absolute Gasteiger partial charge is 0.359 e. The number of nitrogens with zero attached hydrogens (tertiary/aromatic N) is 1. The van der Waals surface area contributed by atoms with Crippen LogP contribution >= 0.6 is 0 Å². The molecular weight excluding hydrogens is 226 g/mol. The van der Waals surface area contributed by atoms with Crippen molar-refractivity contribution in [2.24, 2.45) is 5.92 Å². The van der Waals surface area contributed by atoms with Crippen LogP contribution in [-0.2, 0) is 4.79 Å². The lowest BCUT2D eigenvalue weighted by Crippen LogP contribution is -2.53. The molecule has 3 heterocycles. The minimum Gasteiger partial charge on any atom is -0.359 e. The van der Waals surface area contributed by atoms with Crippen LogP contribution in [0.3, 0.4) is 0 Å². The lowest BCUT2D eigenvalue weighted by molar-refractivity contribution is -0.127. The molecule has 4 nitrogen and oxygen atoms in total. The van der Waals surface area contributed by atoms with Gasteiger partial charge < -0.3 is 10.6 Å². The Hall–Kier alpha value is -0.610. The van der Waals surface area contributed by atoms with Gasteiger partial charge in [0.25, 0.3) is 0 Å². The van der Waals surface area contributed by atoms with Crippen LogP contribution in [0.15, 0.2) is 0 Å². The van der Waals surface area contributed by atoms with Crippen molar-refractivity contribution < 1.29 is 4.79 Å². The van der Waals surface area contributed by atoms with Gasteiger partial charge in [-0.05, 0) is 51.6 Å². The van der Waals surface area contributed by atoms with E-state index in [1.807, 2.05) is 0 Å².